The molecule has 1 N–H and O–H groups in total. The van der Waals surface area contributed by atoms with E-state index >= 15 is 0 Å². The van der Waals surface area contributed by atoms with Crippen LogP contribution in [-0.4, -0.2) is 48.8 Å². The Balaban J connectivity index is 1.47. The average molecular weight is 610 g/mol. The summed E-state index contributed by atoms with van der Waals surface area (Å²) in [5.41, 5.74) is 3.04. The van der Waals surface area contributed by atoms with Crippen molar-refractivity contribution in [3.05, 3.63) is 144 Å². The van der Waals surface area contributed by atoms with Crippen LogP contribution in [0, 0.1) is 0 Å². The lowest BCUT2D eigenvalue weighted by Crippen LogP contribution is -2.66. The fourth-order valence-electron chi connectivity index (χ4n) is 5.26. The molecule has 236 valence electrons. The Kier molecular flexibility index (Phi) is 11.5. The van der Waals surface area contributed by atoms with Crippen LogP contribution in [0.2, 0.25) is 0 Å². The Labute approximate surface area is 266 Å². The van der Waals surface area contributed by atoms with Gasteiger partial charge in [-0.15, -0.1) is 0 Å². The number of carbonyl (C=O) groups is 1. The van der Waals surface area contributed by atoms with Crippen molar-refractivity contribution in [1.82, 2.24) is 5.32 Å². The van der Waals surface area contributed by atoms with Crippen LogP contribution >= 0.6 is 0 Å². The molecule has 4 aromatic carbocycles. The molecule has 7 nitrogen and oxygen atoms in total. The zero-order valence-electron chi connectivity index (χ0n) is 26.2. The van der Waals surface area contributed by atoms with E-state index in [4.69, 9.17) is 23.7 Å². The number of ether oxygens (including phenoxy) is 5. The summed E-state index contributed by atoms with van der Waals surface area (Å²) in [6, 6.07) is 38.4. The summed E-state index contributed by atoms with van der Waals surface area (Å²) in [6.45, 7) is 7.19. The topological polar surface area (TPSA) is 75.2 Å². The molecule has 1 fully saturated rings. The van der Waals surface area contributed by atoms with Crippen LogP contribution in [0.1, 0.15) is 47.8 Å². The molecular formula is C38H43NO6. The molecular weight excluding hydrogens is 566 g/mol. The third-order valence-electron chi connectivity index (χ3n) is 7.41. The highest BCUT2D eigenvalue weighted by molar-refractivity contribution is 5.94. The van der Waals surface area contributed by atoms with Crippen LogP contribution in [0.25, 0.3) is 0 Å². The highest BCUT2D eigenvalue weighted by atomic mass is 16.7. The van der Waals surface area contributed by atoms with E-state index in [-0.39, 0.29) is 12.5 Å². The van der Waals surface area contributed by atoms with E-state index in [1.807, 2.05) is 130 Å². The smallest absolute Gasteiger partial charge is 0.251 e. The van der Waals surface area contributed by atoms with Gasteiger partial charge in [0.2, 0.25) is 0 Å². The molecule has 0 aromatic heterocycles. The van der Waals surface area contributed by atoms with Crippen molar-refractivity contribution in [3.63, 3.8) is 0 Å². The highest BCUT2D eigenvalue weighted by Gasteiger charge is 2.50. The number of nitrogens with one attached hydrogen (secondary N) is 1. The van der Waals surface area contributed by atoms with Gasteiger partial charge in [-0.25, -0.2) is 0 Å². The number of amides is 1. The molecule has 0 saturated carbocycles. The SMILES string of the molecule is CC(C)(C)OC1OC(COCc2ccccc2)C(OCc2ccccc2)C(OCc2ccccc2)C1NC(=O)c1ccccc1. The average Bonchev–Trinajstić information content (AvgIpc) is 3.05. The Morgan fingerprint density at radius 2 is 1.13 bits per heavy atom. The van der Waals surface area contributed by atoms with Gasteiger partial charge in [0.25, 0.3) is 5.91 Å². The van der Waals surface area contributed by atoms with E-state index in [1.54, 1.807) is 12.1 Å². The van der Waals surface area contributed by atoms with Gasteiger partial charge < -0.3 is 29.0 Å². The lowest BCUT2D eigenvalue weighted by Gasteiger charge is -2.47. The van der Waals surface area contributed by atoms with Crippen molar-refractivity contribution in [2.45, 2.75) is 76.8 Å². The van der Waals surface area contributed by atoms with Crippen molar-refractivity contribution >= 4 is 5.91 Å². The quantitative estimate of drug-likeness (QED) is 0.182. The third kappa shape index (κ3) is 9.82. The van der Waals surface area contributed by atoms with Gasteiger partial charge in [0.1, 0.15) is 24.4 Å². The Hall–Kier alpha value is -3.85. The first kappa shape index (κ1) is 32.5. The maximum absolute atomic E-state index is 13.6. The van der Waals surface area contributed by atoms with E-state index in [2.05, 4.69) is 5.32 Å². The van der Waals surface area contributed by atoms with Crippen LogP contribution in [0.5, 0.6) is 0 Å². The first-order chi connectivity index (χ1) is 21.9. The molecule has 1 amide bonds. The maximum atomic E-state index is 13.6. The number of hydrogen-bond donors (Lipinski definition) is 1. The van der Waals surface area contributed by atoms with Crippen LogP contribution in [0.15, 0.2) is 121 Å². The number of hydrogen-bond acceptors (Lipinski definition) is 6. The van der Waals surface area contributed by atoms with Gasteiger partial charge in [0.05, 0.1) is 32.0 Å². The molecule has 1 saturated heterocycles. The standard InChI is InChI=1S/C38H43NO6/c1-38(2,3)45-37-33(39-36(40)31-22-14-7-15-23-31)35(43-26-30-20-12-6-13-21-30)34(42-25-29-18-10-5-11-19-29)32(44-37)27-41-24-28-16-8-4-9-17-28/h4-23,32-35,37H,24-27H2,1-3H3,(H,39,40). The van der Waals surface area contributed by atoms with Gasteiger partial charge in [-0.1, -0.05) is 109 Å². The minimum absolute atomic E-state index is 0.239. The van der Waals surface area contributed by atoms with Gasteiger partial charge in [0, 0.05) is 5.56 Å². The largest absolute Gasteiger partial charge is 0.374 e. The fourth-order valence-corrected chi connectivity index (χ4v) is 5.26. The molecule has 5 rings (SSSR count). The predicted molar refractivity (Wildman–Crippen MR) is 173 cm³/mol. The normalized spacial score (nSPS) is 21.7. The van der Waals surface area contributed by atoms with E-state index in [9.17, 15) is 4.79 Å². The van der Waals surface area contributed by atoms with E-state index in [0.717, 1.165) is 16.7 Å². The van der Waals surface area contributed by atoms with E-state index in [0.29, 0.717) is 25.4 Å². The molecule has 5 atom stereocenters. The molecule has 0 bridgehead atoms. The third-order valence-corrected chi connectivity index (χ3v) is 7.41. The van der Waals surface area contributed by atoms with Gasteiger partial charge in [-0.3, -0.25) is 4.79 Å². The second-order valence-electron chi connectivity index (χ2n) is 12.2. The molecule has 7 heteroatoms. The summed E-state index contributed by atoms with van der Waals surface area (Å²) in [7, 11) is 0. The number of carbonyl (C=O) groups excluding carboxylic acids is 1. The first-order valence-corrected chi connectivity index (χ1v) is 15.5. The zero-order chi connectivity index (χ0) is 31.5. The second-order valence-corrected chi connectivity index (χ2v) is 12.2. The molecule has 0 spiro atoms. The fraction of sp³-hybridized carbons (Fsp3) is 0.342. The molecule has 5 unspecified atom stereocenters. The zero-order valence-corrected chi connectivity index (χ0v) is 26.2. The summed E-state index contributed by atoms with van der Waals surface area (Å²) >= 11 is 0. The molecule has 4 aromatic rings. The van der Waals surface area contributed by atoms with Crippen molar-refractivity contribution < 1.29 is 28.5 Å². The summed E-state index contributed by atoms with van der Waals surface area (Å²) < 4.78 is 32.7. The van der Waals surface area contributed by atoms with Crippen molar-refractivity contribution in [2.75, 3.05) is 6.61 Å². The van der Waals surface area contributed by atoms with Gasteiger partial charge >= 0.3 is 0 Å². The van der Waals surface area contributed by atoms with E-state index < -0.39 is 36.2 Å². The maximum Gasteiger partial charge on any atom is 0.251 e. The second kappa shape index (κ2) is 15.9. The molecule has 0 aliphatic carbocycles. The predicted octanol–water partition coefficient (Wildman–Crippen LogP) is 6.71. The molecule has 1 aliphatic rings. The van der Waals surface area contributed by atoms with Crippen molar-refractivity contribution in [2.24, 2.45) is 0 Å². The monoisotopic (exact) mass is 609 g/mol. The summed E-state index contributed by atoms with van der Waals surface area (Å²) in [5, 5.41) is 3.19. The molecule has 1 heterocycles. The Morgan fingerprint density at radius 3 is 1.64 bits per heavy atom. The Bertz CT molecular complexity index is 1430. The van der Waals surface area contributed by atoms with Crippen LogP contribution < -0.4 is 5.32 Å². The van der Waals surface area contributed by atoms with Crippen molar-refractivity contribution in [1.29, 1.82) is 0 Å². The number of rotatable bonds is 13. The van der Waals surface area contributed by atoms with E-state index in [1.165, 1.54) is 0 Å². The first-order valence-electron chi connectivity index (χ1n) is 15.5. The molecule has 45 heavy (non-hydrogen) atoms. The van der Waals surface area contributed by atoms with Crippen LogP contribution in [0.3, 0.4) is 0 Å². The lowest BCUT2D eigenvalue weighted by molar-refractivity contribution is -0.308. The molecule has 1 aliphatic heterocycles. The van der Waals surface area contributed by atoms with Crippen LogP contribution in [0.4, 0.5) is 0 Å². The van der Waals surface area contributed by atoms with Crippen LogP contribution in [-0.2, 0) is 43.5 Å². The summed E-state index contributed by atoms with van der Waals surface area (Å²) in [6.07, 6.45) is -2.60. The molecule has 0 radical (unpaired) electrons. The van der Waals surface area contributed by atoms with Crippen molar-refractivity contribution in [3.8, 4) is 0 Å². The number of benzene rings is 4. The van der Waals surface area contributed by atoms with Gasteiger partial charge in [-0.05, 0) is 49.6 Å². The minimum atomic E-state index is -0.833. The lowest BCUT2D eigenvalue weighted by atomic mass is 9.95. The van der Waals surface area contributed by atoms with Gasteiger partial charge in [0.15, 0.2) is 6.29 Å². The Morgan fingerprint density at radius 1 is 0.667 bits per heavy atom. The highest BCUT2D eigenvalue weighted by Crippen LogP contribution is 2.31. The minimum Gasteiger partial charge on any atom is -0.374 e. The summed E-state index contributed by atoms with van der Waals surface area (Å²) in [5.74, 6) is -0.249. The summed E-state index contributed by atoms with van der Waals surface area (Å²) in [4.78, 5) is 13.6. The van der Waals surface area contributed by atoms with Gasteiger partial charge in [-0.2, -0.15) is 0 Å².